The number of fused-ring (bicyclic) bond motifs is 1. The van der Waals surface area contributed by atoms with E-state index in [1.54, 1.807) is 36.4 Å². The number of nitrogens with zero attached hydrogens (tertiary/aromatic N) is 1. The zero-order chi connectivity index (χ0) is 23.1. The average Bonchev–Trinajstić information content (AvgIpc) is 3.51. The molecule has 168 valence electrons. The molecule has 3 aromatic rings. The van der Waals surface area contributed by atoms with E-state index < -0.39 is 17.7 Å². The van der Waals surface area contributed by atoms with Crippen molar-refractivity contribution < 1.29 is 24.2 Å². The molecule has 2 aliphatic rings. The number of carbonyl (C=O) groups excluding carboxylic acids is 2. The molecular formula is C26H23NO5S. The Bertz CT molecular complexity index is 1260. The van der Waals surface area contributed by atoms with Crippen LogP contribution in [0, 0.1) is 0 Å². The van der Waals surface area contributed by atoms with Gasteiger partial charge in [-0.25, -0.2) is 0 Å². The predicted molar refractivity (Wildman–Crippen MR) is 127 cm³/mol. The largest absolute Gasteiger partial charge is 0.507 e. The molecule has 1 aromatic heterocycles. The maximum Gasteiger partial charge on any atom is 0.300 e. The number of amides is 1. The molecule has 1 fully saturated rings. The van der Waals surface area contributed by atoms with Crippen molar-refractivity contribution in [2.24, 2.45) is 0 Å². The third-order valence-corrected chi connectivity index (χ3v) is 6.76. The van der Waals surface area contributed by atoms with Gasteiger partial charge in [0, 0.05) is 28.6 Å². The second kappa shape index (κ2) is 8.41. The zero-order valence-electron chi connectivity index (χ0n) is 18.3. The van der Waals surface area contributed by atoms with E-state index in [1.165, 1.54) is 16.2 Å². The van der Waals surface area contributed by atoms with Crippen molar-refractivity contribution in [3.8, 4) is 11.5 Å². The molecule has 0 spiro atoms. The van der Waals surface area contributed by atoms with E-state index in [2.05, 4.69) is 0 Å². The van der Waals surface area contributed by atoms with Gasteiger partial charge in [-0.1, -0.05) is 12.1 Å². The van der Waals surface area contributed by atoms with Crippen LogP contribution in [0.4, 0.5) is 5.69 Å². The van der Waals surface area contributed by atoms with Crippen LogP contribution in [0.3, 0.4) is 0 Å². The fourth-order valence-electron chi connectivity index (χ4n) is 4.43. The minimum atomic E-state index is -0.731. The number of benzene rings is 2. The lowest BCUT2D eigenvalue weighted by Gasteiger charge is -2.24. The molecule has 1 saturated heterocycles. The summed E-state index contributed by atoms with van der Waals surface area (Å²) in [7, 11) is 0. The molecule has 5 rings (SSSR count). The van der Waals surface area contributed by atoms with Crippen molar-refractivity contribution >= 4 is 34.5 Å². The van der Waals surface area contributed by atoms with E-state index in [9.17, 15) is 14.7 Å². The molecule has 2 atom stereocenters. The molecule has 1 amide bonds. The van der Waals surface area contributed by atoms with Gasteiger partial charge in [0.1, 0.15) is 29.4 Å². The number of aliphatic hydroxyl groups excluding tert-OH is 1. The van der Waals surface area contributed by atoms with Gasteiger partial charge in [0.2, 0.25) is 0 Å². The molecule has 2 aliphatic heterocycles. The molecule has 0 aliphatic carbocycles. The molecule has 7 heteroatoms. The predicted octanol–water partition coefficient (Wildman–Crippen LogP) is 5.10. The Morgan fingerprint density at radius 1 is 1.18 bits per heavy atom. The second-order valence-electron chi connectivity index (χ2n) is 8.07. The number of ketones is 1. The van der Waals surface area contributed by atoms with Crippen LogP contribution in [0.15, 0.2) is 65.6 Å². The molecule has 2 unspecified atom stereocenters. The molecule has 0 saturated carbocycles. The van der Waals surface area contributed by atoms with Crippen LogP contribution >= 0.6 is 11.3 Å². The first kappa shape index (κ1) is 21.3. The highest BCUT2D eigenvalue weighted by atomic mass is 32.1. The van der Waals surface area contributed by atoms with Gasteiger partial charge in [0.05, 0.1) is 12.2 Å². The average molecular weight is 462 g/mol. The Balaban J connectivity index is 1.64. The SMILES string of the molecule is CCOc1cccc(N2C(=O)C(=O)/C(=C(\O)c3ccc4c(c3)CC(C)O4)C2c2cccs2)c1. The standard InChI is InChI=1S/C26H23NO5S/c1-3-31-19-7-4-6-18(14-19)27-23(21-8-5-11-33-21)22(25(29)26(27)30)24(28)16-9-10-20-17(13-16)12-15(2)32-20/h4-11,13-15,23,28H,3,12H2,1-2H3/b24-22-. The fraction of sp³-hybridized carbons (Fsp3) is 0.231. The lowest BCUT2D eigenvalue weighted by molar-refractivity contribution is -0.132. The Kier molecular flexibility index (Phi) is 5.42. The van der Waals surface area contributed by atoms with Crippen LogP contribution in [-0.2, 0) is 16.0 Å². The fourth-order valence-corrected chi connectivity index (χ4v) is 5.25. The van der Waals surface area contributed by atoms with Gasteiger partial charge in [-0.2, -0.15) is 0 Å². The highest BCUT2D eigenvalue weighted by Crippen LogP contribution is 2.44. The molecule has 0 bridgehead atoms. The van der Waals surface area contributed by atoms with Gasteiger partial charge in [-0.15, -0.1) is 11.3 Å². The topological polar surface area (TPSA) is 76.1 Å². The first-order chi connectivity index (χ1) is 16.0. The van der Waals surface area contributed by atoms with Crippen LogP contribution in [0.2, 0.25) is 0 Å². The molecule has 33 heavy (non-hydrogen) atoms. The lowest BCUT2D eigenvalue weighted by Crippen LogP contribution is -2.29. The van der Waals surface area contributed by atoms with E-state index >= 15 is 0 Å². The summed E-state index contributed by atoms with van der Waals surface area (Å²) in [5.41, 5.74) is 2.08. The van der Waals surface area contributed by atoms with Crippen LogP contribution in [-0.4, -0.2) is 29.5 Å². The van der Waals surface area contributed by atoms with Gasteiger partial charge < -0.3 is 14.6 Å². The summed E-state index contributed by atoms with van der Waals surface area (Å²) in [6.07, 6.45) is 0.787. The highest BCUT2D eigenvalue weighted by molar-refractivity contribution is 7.10. The van der Waals surface area contributed by atoms with Crippen LogP contribution in [0.1, 0.15) is 35.9 Å². The normalized spacial score (nSPS) is 21.2. The number of anilines is 1. The van der Waals surface area contributed by atoms with Crippen molar-refractivity contribution in [3.63, 3.8) is 0 Å². The molecule has 3 heterocycles. The molecule has 0 radical (unpaired) electrons. The summed E-state index contributed by atoms with van der Waals surface area (Å²) in [6.45, 7) is 4.35. The number of thiophene rings is 1. The van der Waals surface area contributed by atoms with Crippen molar-refractivity contribution in [2.75, 3.05) is 11.5 Å². The van der Waals surface area contributed by atoms with E-state index in [0.29, 0.717) is 23.6 Å². The zero-order valence-corrected chi connectivity index (χ0v) is 19.1. The summed E-state index contributed by atoms with van der Waals surface area (Å²) in [5.74, 6) is -0.186. The number of aliphatic hydroxyl groups is 1. The number of ether oxygens (including phenoxy) is 2. The Hall–Kier alpha value is -3.58. The van der Waals surface area contributed by atoms with E-state index in [4.69, 9.17) is 9.47 Å². The first-order valence-electron chi connectivity index (χ1n) is 10.8. The number of rotatable bonds is 5. The van der Waals surface area contributed by atoms with E-state index in [1.807, 2.05) is 37.4 Å². The van der Waals surface area contributed by atoms with E-state index in [0.717, 1.165) is 22.6 Å². The second-order valence-corrected chi connectivity index (χ2v) is 9.05. The summed E-state index contributed by atoms with van der Waals surface area (Å²) in [5, 5.41) is 13.2. The maximum atomic E-state index is 13.2. The Morgan fingerprint density at radius 2 is 2.03 bits per heavy atom. The van der Waals surface area contributed by atoms with Crippen molar-refractivity contribution in [3.05, 3.63) is 81.6 Å². The van der Waals surface area contributed by atoms with Crippen molar-refractivity contribution in [1.29, 1.82) is 0 Å². The van der Waals surface area contributed by atoms with Gasteiger partial charge in [0.25, 0.3) is 11.7 Å². The minimum absolute atomic E-state index is 0.0618. The molecular weight excluding hydrogens is 438 g/mol. The van der Waals surface area contributed by atoms with Crippen LogP contribution in [0.25, 0.3) is 5.76 Å². The van der Waals surface area contributed by atoms with Gasteiger partial charge in [-0.3, -0.25) is 14.5 Å². The smallest absolute Gasteiger partial charge is 0.300 e. The number of carbonyl (C=O) groups is 2. The maximum absolute atomic E-state index is 13.2. The molecule has 1 N–H and O–H groups in total. The third kappa shape index (κ3) is 3.68. The monoisotopic (exact) mass is 461 g/mol. The van der Waals surface area contributed by atoms with Gasteiger partial charge >= 0.3 is 0 Å². The number of Topliss-reactive ketones (excluding diaryl/α,β-unsaturated/α-hetero) is 1. The quantitative estimate of drug-likeness (QED) is 0.325. The van der Waals surface area contributed by atoms with Crippen molar-refractivity contribution in [2.45, 2.75) is 32.4 Å². The Labute approximate surface area is 195 Å². The minimum Gasteiger partial charge on any atom is -0.507 e. The van der Waals surface area contributed by atoms with Gasteiger partial charge in [0.15, 0.2) is 0 Å². The Morgan fingerprint density at radius 3 is 2.79 bits per heavy atom. The summed E-state index contributed by atoms with van der Waals surface area (Å²) < 4.78 is 11.3. The highest BCUT2D eigenvalue weighted by Gasteiger charge is 2.47. The molecule has 2 aromatic carbocycles. The van der Waals surface area contributed by atoms with Crippen LogP contribution in [0.5, 0.6) is 11.5 Å². The summed E-state index contributed by atoms with van der Waals surface area (Å²) in [4.78, 5) is 28.7. The summed E-state index contributed by atoms with van der Waals surface area (Å²) in [6, 6.07) is 15.5. The van der Waals surface area contributed by atoms with E-state index in [-0.39, 0.29) is 17.4 Å². The first-order valence-corrected chi connectivity index (χ1v) is 11.7. The third-order valence-electron chi connectivity index (χ3n) is 5.83. The van der Waals surface area contributed by atoms with Gasteiger partial charge in [-0.05, 0) is 61.2 Å². The number of hydrogen-bond acceptors (Lipinski definition) is 6. The van der Waals surface area contributed by atoms with Crippen molar-refractivity contribution in [1.82, 2.24) is 0 Å². The summed E-state index contributed by atoms with van der Waals surface area (Å²) >= 11 is 1.43. The lowest BCUT2D eigenvalue weighted by atomic mass is 9.98. The van der Waals surface area contributed by atoms with Crippen LogP contribution < -0.4 is 14.4 Å². The molecule has 6 nitrogen and oxygen atoms in total. The number of hydrogen-bond donors (Lipinski definition) is 1.